The lowest BCUT2D eigenvalue weighted by atomic mass is 10.2. The van der Waals surface area contributed by atoms with Crippen molar-refractivity contribution in [2.45, 2.75) is 19.3 Å². The molecule has 2 amide bonds. The molecule has 0 radical (unpaired) electrons. The van der Waals surface area contributed by atoms with Crippen LogP contribution in [0.1, 0.15) is 28.8 Å². The second-order valence-corrected chi connectivity index (χ2v) is 6.52. The van der Waals surface area contributed by atoms with Gasteiger partial charge in [-0.1, -0.05) is 42.5 Å². The van der Waals surface area contributed by atoms with Gasteiger partial charge in [0, 0.05) is 12.8 Å². The minimum atomic E-state index is -0.481. The number of benzene rings is 2. The van der Waals surface area contributed by atoms with Gasteiger partial charge in [-0.15, -0.1) is 0 Å². The van der Waals surface area contributed by atoms with Crippen LogP contribution in [-0.2, 0) is 20.7 Å². The lowest BCUT2D eigenvalue weighted by molar-refractivity contribution is -0.144. The van der Waals surface area contributed by atoms with E-state index in [1.54, 1.807) is 24.3 Å². The number of thiocarbonyl (C=S) groups is 1. The van der Waals surface area contributed by atoms with Crippen molar-refractivity contribution in [3.8, 4) is 5.75 Å². The van der Waals surface area contributed by atoms with Crippen LogP contribution in [0.4, 0.5) is 0 Å². The zero-order valence-electron chi connectivity index (χ0n) is 16.5. The molecule has 0 bridgehead atoms. The van der Waals surface area contributed by atoms with Crippen LogP contribution >= 0.6 is 12.2 Å². The van der Waals surface area contributed by atoms with Crippen LogP contribution in [0.5, 0.6) is 5.75 Å². The van der Waals surface area contributed by atoms with E-state index < -0.39 is 17.8 Å². The van der Waals surface area contributed by atoms with Gasteiger partial charge in [-0.05, 0) is 29.9 Å². The molecule has 2 aromatic rings. The fraction of sp³-hybridized carbons (Fsp3) is 0.238. The van der Waals surface area contributed by atoms with Crippen molar-refractivity contribution < 1.29 is 23.9 Å². The number of hydrogen-bond donors (Lipinski definition) is 3. The van der Waals surface area contributed by atoms with Gasteiger partial charge >= 0.3 is 5.97 Å². The van der Waals surface area contributed by atoms with E-state index in [0.717, 1.165) is 5.56 Å². The maximum absolute atomic E-state index is 12.1. The maximum atomic E-state index is 12.1. The molecule has 0 aliphatic carbocycles. The molecule has 0 spiro atoms. The molecular formula is C21H23N3O5S. The number of rotatable bonds is 8. The fourth-order valence-electron chi connectivity index (χ4n) is 2.45. The van der Waals surface area contributed by atoms with Crippen molar-refractivity contribution in [3.63, 3.8) is 0 Å². The van der Waals surface area contributed by atoms with E-state index in [2.05, 4.69) is 16.2 Å². The van der Waals surface area contributed by atoms with Crippen LogP contribution in [0, 0.1) is 0 Å². The molecule has 0 saturated carbocycles. The fourth-order valence-corrected chi connectivity index (χ4v) is 2.61. The number of carbonyl (C=O) groups is 3. The Kier molecular flexibility index (Phi) is 9.26. The first-order chi connectivity index (χ1) is 14.5. The Bertz CT molecular complexity index is 889. The first-order valence-corrected chi connectivity index (χ1v) is 9.63. The van der Waals surface area contributed by atoms with Crippen LogP contribution < -0.4 is 20.9 Å². The highest BCUT2D eigenvalue weighted by Gasteiger charge is 2.13. The average molecular weight is 429 g/mol. The van der Waals surface area contributed by atoms with Crippen molar-refractivity contribution >= 4 is 35.1 Å². The minimum Gasteiger partial charge on any atom is -0.496 e. The molecular weight excluding hydrogens is 406 g/mol. The highest BCUT2D eigenvalue weighted by Crippen LogP contribution is 2.16. The highest BCUT2D eigenvalue weighted by atomic mass is 32.1. The second-order valence-electron chi connectivity index (χ2n) is 6.11. The summed E-state index contributed by atoms with van der Waals surface area (Å²) in [6, 6.07) is 16.3. The highest BCUT2D eigenvalue weighted by molar-refractivity contribution is 7.80. The number of hydrazine groups is 1. The molecule has 158 valence electrons. The molecule has 0 unspecified atom stereocenters. The SMILES string of the molecule is COc1ccccc1C(=O)NNC(=S)NC(=O)CCC(=O)OCCc1ccccc1. The molecule has 0 heterocycles. The van der Waals surface area contributed by atoms with Gasteiger partial charge in [0.05, 0.1) is 25.7 Å². The van der Waals surface area contributed by atoms with E-state index in [9.17, 15) is 14.4 Å². The monoisotopic (exact) mass is 429 g/mol. The zero-order valence-corrected chi connectivity index (χ0v) is 17.3. The van der Waals surface area contributed by atoms with Gasteiger partial charge < -0.3 is 14.8 Å². The summed E-state index contributed by atoms with van der Waals surface area (Å²) >= 11 is 4.96. The Hall–Kier alpha value is -3.46. The summed E-state index contributed by atoms with van der Waals surface area (Å²) < 4.78 is 10.2. The standard InChI is InChI=1S/C21H23N3O5S/c1-28-17-10-6-5-9-16(17)20(27)23-24-21(30)22-18(25)11-12-19(26)29-14-13-15-7-3-2-4-8-15/h2-10H,11-14H2,1H3,(H,23,27)(H2,22,24,25,30). The maximum Gasteiger partial charge on any atom is 0.306 e. The van der Waals surface area contributed by atoms with Crippen LogP contribution in [0.2, 0.25) is 0 Å². The predicted octanol–water partition coefficient (Wildman–Crippen LogP) is 1.90. The number of amides is 2. The Labute approximate surface area is 179 Å². The molecule has 3 N–H and O–H groups in total. The molecule has 0 fully saturated rings. The smallest absolute Gasteiger partial charge is 0.306 e. The van der Waals surface area contributed by atoms with Crippen molar-refractivity contribution in [1.82, 2.24) is 16.2 Å². The summed E-state index contributed by atoms with van der Waals surface area (Å²) in [4.78, 5) is 35.8. The molecule has 9 heteroatoms. The van der Waals surface area contributed by atoms with E-state index >= 15 is 0 Å². The van der Waals surface area contributed by atoms with Crippen molar-refractivity contribution in [2.24, 2.45) is 0 Å². The van der Waals surface area contributed by atoms with Crippen LogP contribution in [0.15, 0.2) is 54.6 Å². The zero-order chi connectivity index (χ0) is 21.8. The third-order valence-corrected chi connectivity index (χ3v) is 4.15. The summed E-state index contributed by atoms with van der Waals surface area (Å²) in [7, 11) is 1.46. The first kappa shape index (κ1) is 22.8. The number of para-hydroxylation sites is 1. The van der Waals surface area contributed by atoms with Gasteiger partial charge in [-0.25, -0.2) is 0 Å². The van der Waals surface area contributed by atoms with Crippen molar-refractivity contribution in [2.75, 3.05) is 13.7 Å². The van der Waals surface area contributed by atoms with Crippen LogP contribution in [-0.4, -0.2) is 36.6 Å². The molecule has 0 aliphatic heterocycles. The van der Waals surface area contributed by atoms with Crippen molar-refractivity contribution in [1.29, 1.82) is 0 Å². The van der Waals surface area contributed by atoms with Gasteiger partial charge in [-0.2, -0.15) is 0 Å². The number of nitrogens with one attached hydrogen (secondary N) is 3. The number of carbonyl (C=O) groups excluding carboxylic acids is 3. The Morgan fingerprint density at radius 1 is 0.933 bits per heavy atom. The second kappa shape index (κ2) is 12.2. The van der Waals surface area contributed by atoms with Gasteiger partial charge in [-0.3, -0.25) is 25.2 Å². The normalized spacial score (nSPS) is 9.90. The van der Waals surface area contributed by atoms with Crippen LogP contribution in [0.3, 0.4) is 0 Å². The Balaban J connectivity index is 1.63. The number of hydrogen-bond acceptors (Lipinski definition) is 6. The summed E-state index contributed by atoms with van der Waals surface area (Å²) in [5.41, 5.74) is 6.17. The Morgan fingerprint density at radius 2 is 1.63 bits per heavy atom. The van der Waals surface area contributed by atoms with E-state index in [-0.39, 0.29) is 24.6 Å². The van der Waals surface area contributed by atoms with Gasteiger partial charge in [0.25, 0.3) is 5.91 Å². The van der Waals surface area contributed by atoms with Gasteiger partial charge in [0.1, 0.15) is 5.75 Å². The summed E-state index contributed by atoms with van der Waals surface area (Å²) in [5.74, 6) is -1.02. The summed E-state index contributed by atoms with van der Waals surface area (Å²) in [5, 5.41) is 2.28. The first-order valence-electron chi connectivity index (χ1n) is 9.22. The van der Waals surface area contributed by atoms with E-state index in [1.807, 2.05) is 30.3 Å². The average Bonchev–Trinajstić information content (AvgIpc) is 2.76. The minimum absolute atomic E-state index is 0.0726. The molecule has 0 saturated heterocycles. The molecule has 2 rings (SSSR count). The number of methoxy groups -OCH3 is 1. The lowest BCUT2D eigenvalue weighted by Crippen LogP contribution is -2.48. The van der Waals surface area contributed by atoms with E-state index in [1.165, 1.54) is 7.11 Å². The molecule has 2 aromatic carbocycles. The number of ether oxygens (including phenoxy) is 2. The molecule has 0 atom stereocenters. The van der Waals surface area contributed by atoms with Crippen LogP contribution in [0.25, 0.3) is 0 Å². The van der Waals surface area contributed by atoms with Gasteiger partial charge in [0.15, 0.2) is 5.11 Å². The Morgan fingerprint density at radius 3 is 2.37 bits per heavy atom. The summed E-state index contributed by atoms with van der Waals surface area (Å²) in [6.07, 6.45) is 0.446. The summed E-state index contributed by atoms with van der Waals surface area (Å²) in [6.45, 7) is 0.249. The lowest BCUT2D eigenvalue weighted by Gasteiger charge is -2.12. The largest absolute Gasteiger partial charge is 0.496 e. The number of esters is 1. The van der Waals surface area contributed by atoms with E-state index in [0.29, 0.717) is 17.7 Å². The van der Waals surface area contributed by atoms with E-state index in [4.69, 9.17) is 21.7 Å². The third kappa shape index (κ3) is 7.88. The molecule has 8 nitrogen and oxygen atoms in total. The van der Waals surface area contributed by atoms with Gasteiger partial charge in [0.2, 0.25) is 5.91 Å². The predicted molar refractivity (Wildman–Crippen MR) is 115 cm³/mol. The van der Waals surface area contributed by atoms with Crippen molar-refractivity contribution in [3.05, 3.63) is 65.7 Å². The molecule has 0 aliphatic rings. The molecule has 30 heavy (non-hydrogen) atoms. The quantitative estimate of drug-likeness (QED) is 0.334. The topological polar surface area (TPSA) is 106 Å². The molecule has 0 aromatic heterocycles. The third-order valence-electron chi connectivity index (χ3n) is 3.95.